The van der Waals surface area contributed by atoms with Crippen molar-refractivity contribution in [2.24, 2.45) is 0 Å². The first-order valence-electron chi connectivity index (χ1n) is 6.29. The zero-order valence-corrected chi connectivity index (χ0v) is 11.2. The molecule has 0 radical (unpaired) electrons. The van der Waals surface area contributed by atoms with Crippen LogP contribution in [0, 0.1) is 0 Å². The second-order valence-electron chi connectivity index (χ2n) is 4.02. The van der Waals surface area contributed by atoms with Gasteiger partial charge in [-0.05, 0) is 27.2 Å². The minimum absolute atomic E-state index is 0.123. The quantitative estimate of drug-likeness (QED) is 0.276. The smallest absolute Gasteiger partial charge is 0.313 e. The number of allylic oxidation sites excluding steroid dienone is 1. The molecule has 0 aliphatic rings. The average Bonchev–Trinajstić information content (AvgIpc) is 2.32. The minimum atomic E-state index is -0.123. The lowest BCUT2D eigenvalue weighted by Crippen LogP contribution is -2.49. The maximum absolute atomic E-state index is 11.4. The molecular weight excluding hydrogens is 202 g/mol. The third-order valence-electron chi connectivity index (χ3n) is 3.20. The molecule has 0 saturated carbocycles. The van der Waals surface area contributed by atoms with Gasteiger partial charge >= 0.3 is 5.97 Å². The third-order valence-corrected chi connectivity index (χ3v) is 3.20. The zero-order chi connectivity index (χ0) is 12.4. The van der Waals surface area contributed by atoms with Crippen molar-refractivity contribution in [2.45, 2.75) is 40.5 Å². The van der Waals surface area contributed by atoms with Crippen molar-refractivity contribution in [3.63, 3.8) is 0 Å². The topological polar surface area (TPSA) is 26.3 Å². The summed E-state index contributed by atoms with van der Waals surface area (Å²) in [5.74, 6) is -0.123. The summed E-state index contributed by atoms with van der Waals surface area (Å²) in [5.41, 5.74) is 0. The number of hydrogen-bond donors (Lipinski definition) is 0. The van der Waals surface area contributed by atoms with Crippen LogP contribution >= 0.6 is 0 Å². The molecule has 0 N–H and O–H groups in total. The fourth-order valence-corrected chi connectivity index (χ4v) is 1.56. The summed E-state index contributed by atoms with van der Waals surface area (Å²) in [5, 5.41) is 0. The van der Waals surface area contributed by atoms with Gasteiger partial charge in [-0.2, -0.15) is 0 Å². The Bertz CT molecular complexity index is 212. The average molecular weight is 228 g/mol. The highest BCUT2D eigenvalue weighted by Gasteiger charge is 2.22. The van der Waals surface area contributed by atoms with E-state index in [9.17, 15) is 4.79 Å². The van der Waals surface area contributed by atoms with Gasteiger partial charge < -0.3 is 4.74 Å². The predicted molar refractivity (Wildman–Crippen MR) is 66.9 cm³/mol. The van der Waals surface area contributed by atoms with Gasteiger partial charge in [-0.25, -0.2) is 0 Å². The minimum Gasteiger partial charge on any atom is -0.415 e. The standard InChI is InChI=1S/C13H26NO2/c1-5-9-10-11-13(15)16-12-14(6-2,7-3)8-4/h9-10H,5-8,11-12H2,1-4H3/q+1/b10-9+. The van der Waals surface area contributed by atoms with E-state index in [0.29, 0.717) is 13.2 Å². The van der Waals surface area contributed by atoms with Gasteiger partial charge in [0.25, 0.3) is 0 Å². The van der Waals surface area contributed by atoms with Gasteiger partial charge in [0.1, 0.15) is 0 Å². The summed E-state index contributed by atoms with van der Waals surface area (Å²) < 4.78 is 6.16. The summed E-state index contributed by atoms with van der Waals surface area (Å²) in [6, 6.07) is 0. The van der Waals surface area contributed by atoms with E-state index in [-0.39, 0.29) is 5.97 Å². The lowest BCUT2D eigenvalue weighted by atomic mass is 10.3. The van der Waals surface area contributed by atoms with Crippen molar-refractivity contribution in [1.29, 1.82) is 0 Å². The SMILES string of the molecule is CC/C=C/CC(=O)OC[N+](CC)(CC)CC. The summed E-state index contributed by atoms with van der Waals surface area (Å²) in [4.78, 5) is 11.4. The summed E-state index contributed by atoms with van der Waals surface area (Å²) >= 11 is 0. The number of rotatable bonds is 8. The number of carbonyl (C=O) groups excluding carboxylic acids is 1. The van der Waals surface area contributed by atoms with Crippen LogP contribution in [0.1, 0.15) is 40.5 Å². The molecule has 0 aliphatic carbocycles. The van der Waals surface area contributed by atoms with Gasteiger partial charge in [0, 0.05) is 0 Å². The van der Waals surface area contributed by atoms with E-state index in [1.165, 1.54) is 0 Å². The Hall–Kier alpha value is -0.830. The Morgan fingerprint density at radius 2 is 1.62 bits per heavy atom. The number of quaternary nitrogens is 1. The molecule has 0 atom stereocenters. The van der Waals surface area contributed by atoms with E-state index in [1.807, 2.05) is 12.2 Å². The van der Waals surface area contributed by atoms with Crippen LogP contribution in [0.2, 0.25) is 0 Å². The van der Waals surface area contributed by atoms with E-state index in [0.717, 1.165) is 30.5 Å². The zero-order valence-electron chi connectivity index (χ0n) is 11.2. The molecule has 16 heavy (non-hydrogen) atoms. The van der Waals surface area contributed by atoms with Crippen molar-refractivity contribution in [3.8, 4) is 0 Å². The molecule has 0 aromatic heterocycles. The summed E-state index contributed by atoms with van der Waals surface area (Å²) in [6.45, 7) is 12.0. The number of nitrogens with zero attached hydrogens (tertiary/aromatic N) is 1. The van der Waals surface area contributed by atoms with E-state index in [2.05, 4.69) is 27.7 Å². The van der Waals surface area contributed by atoms with Gasteiger partial charge in [0.05, 0.1) is 26.1 Å². The Morgan fingerprint density at radius 1 is 1.06 bits per heavy atom. The van der Waals surface area contributed by atoms with Crippen molar-refractivity contribution < 1.29 is 14.0 Å². The number of esters is 1. The molecule has 0 aliphatic heterocycles. The van der Waals surface area contributed by atoms with Crippen molar-refractivity contribution >= 4 is 5.97 Å². The van der Waals surface area contributed by atoms with Crippen LogP contribution < -0.4 is 0 Å². The van der Waals surface area contributed by atoms with Gasteiger partial charge in [0.2, 0.25) is 6.73 Å². The van der Waals surface area contributed by atoms with Gasteiger partial charge in [-0.15, -0.1) is 0 Å². The predicted octanol–water partition coefficient (Wildman–Crippen LogP) is 2.72. The fourth-order valence-electron chi connectivity index (χ4n) is 1.56. The van der Waals surface area contributed by atoms with Crippen LogP contribution in [0.4, 0.5) is 0 Å². The molecule has 94 valence electrons. The Kier molecular flexibility index (Phi) is 7.90. The molecule has 0 spiro atoms. The van der Waals surface area contributed by atoms with Crippen LogP contribution in [0.25, 0.3) is 0 Å². The molecule has 0 saturated heterocycles. The molecule has 0 aromatic carbocycles. The van der Waals surface area contributed by atoms with Crippen LogP contribution in [-0.4, -0.2) is 36.8 Å². The summed E-state index contributed by atoms with van der Waals surface area (Å²) in [6.07, 6.45) is 5.22. The van der Waals surface area contributed by atoms with Gasteiger partial charge in [0.15, 0.2) is 0 Å². The molecule has 0 unspecified atom stereocenters. The highest BCUT2D eigenvalue weighted by molar-refractivity contribution is 5.70. The van der Waals surface area contributed by atoms with Crippen LogP contribution in [-0.2, 0) is 9.53 Å². The fraction of sp³-hybridized carbons (Fsp3) is 0.769. The van der Waals surface area contributed by atoms with Crippen LogP contribution in [0.15, 0.2) is 12.2 Å². The Balaban J connectivity index is 4.01. The number of ether oxygens (including phenoxy) is 1. The normalized spacial score (nSPS) is 12.0. The Labute approximate surface area is 99.7 Å². The van der Waals surface area contributed by atoms with Crippen LogP contribution in [0.3, 0.4) is 0 Å². The molecule has 3 nitrogen and oxygen atoms in total. The van der Waals surface area contributed by atoms with Crippen molar-refractivity contribution in [3.05, 3.63) is 12.2 Å². The maximum Gasteiger partial charge on any atom is 0.313 e. The number of hydrogen-bond acceptors (Lipinski definition) is 2. The molecule has 0 aromatic rings. The molecule has 0 heterocycles. The molecule has 0 amide bonds. The molecule has 0 fully saturated rings. The molecule has 0 bridgehead atoms. The summed E-state index contributed by atoms with van der Waals surface area (Å²) in [7, 11) is 0. The van der Waals surface area contributed by atoms with Crippen LogP contribution in [0.5, 0.6) is 0 Å². The van der Waals surface area contributed by atoms with E-state index in [1.54, 1.807) is 0 Å². The second-order valence-corrected chi connectivity index (χ2v) is 4.02. The number of carbonyl (C=O) groups is 1. The second kappa shape index (κ2) is 8.34. The van der Waals surface area contributed by atoms with Crippen molar-refractivity contribution in [1.82, 2.24) is 0 Å². The monoisotopic (exact) mass is 228 g/mol. The first-order valence-corrected chi connectivity index (χ1v) is 6.29. The van der Waals surface area contributed by atoms with E-state index < -0.39 is 0 Å². The highest BCUT2D eigenvalue weighted by Crippen LogP contribution is 2.06. The third kappa shape index (κ3) is 5.31. The largest absolute Gasteiger partial charge is 0.415 e. The van der Waals surface area contributed by atoms with E-state index >= 15 is 0 Å². The Morgan fingerprint density at radius 3 is 2.06 bits per heavy atom. The first-order chi connectivity index (χ1) is 7.64. The molecule has 3 heteroatoms. The van der Waals surface area contributed by atoms with Gasteiger partial charge in [-0.3, -0.25) is 9.28 Å². The first kappa shape index (κ1) is 15.2. The molecule has 0 rings (SSSR count). The van der Waals surface area contributed by atoms with Gasteiger partial charge in [-0.1, -0.05) is 19.1 Å². The van der Waals surface area contributed by atoms with Crippen molar-refractivity contribution in [2.75, 3.05) is 26.4 Å². The lowest BCUT2D eigenvalue weighted by Gasteiger charge is -2.34. The lowest BCUT2D eigenvalue weighted by molar-refractivity contribution is -0.938. The molecular formula is C13H26NO2+. The highest BCUT2D eigenvalue weighted by atomic mass is 16.5. The maximum atomic E-state index is 11.4. The van der Waals surface area contributed by atoms with E-state index in [4.69, 9.17) is 4.74 Å².